The summed E-state index contributed by atoms with van der Waals surface area (Å²) in [6.45, 7) is 15.2. The lowest BCUT2D eigenvalue weighted by atomic mass is 9.49. The van der Waals surface area contributed by atoms with Gasteiger partial charge in [-0.1, -0.05) is 33.6 Å². The molecule has 3 aromatic rings. The molecule has 1 saturated carbocycles. The van der Waals surface area contributed by atoms with Gasteiger partial charge in [0.25, 0.3) is 11.8 Å². The van der Waals surface area contributed by atoms with E-state index < -0.39 is 17.9 Å². The zero-order valence-electron chi connectivity index (χ0n) is 34.2. The van der Waals surface area contributed by atoms with Gasteiger partial charge in [0.2, 0.25) is 11.8 Å². The zero-order valence-corrected chi connectivity index (χ0v) is 34.2. The highest BCUT2D eigenvalue weighted by Gasteiger charge is 2.64. The number of carbonyl (C=O) groups excluding carboxylic acids is 4. The Morgan fingerprint density at radius 1 is 0.862 bits per heavy atom. The van der Waals surface area contributed by atoms with Crippen LogP contribution in [0.2, 0.25) is 0 Å². The number of piperidine rings is 2. The topological polar surface area (TPSA) is 145 Å². The van der Waals surface area contributed by atoms with E-state index >= 15 is 0 Å². The van der Waals surface area contributed by atoms with Gasteiger partial charge in [0.1, 0.15) is 29.3 Å². The van der Waals surface area contributed by atoms with Gasteiger partial charge < -0.3 is 29.9 Å². The van der Waals surface area contributed by atoms with Crippen LogP contribution in [-0.4, -0.2) is 105 Å². The first kappa shape index (κ1) is 40.6. The average molecular weight is 790 g/mol. The molecule has 7 rings (SSSR count). The van der Waals surface area contributed by atoms with Crippen molar-refractivity contribution in [2.24, 2.45) is 16.7 Å². The van der Waals surface area contributed by atoms with Gasteiger partial charge in [-0.2, -0.15) is 0 Å². The quantitative estimate of drug-likeness (QED) is 0.191. The number of hydrogen-bond donors (Lipinski definition) is 3. The molecule has 4 heterocycles. The van der Waals surface area contributed by atoms with Crippen molar-refractivity contribution in [2.75, 3.05) is 62.7 Å². The molecule has 13 nitrogen and oxygen atoms in total. The van der Waals surface area contributed by atoms with Crippen LogP contribution in [0, 0.1) is 29.1 Å². The maximum Gasteiger partial charge on any atom is 0.270 e. The summed E-state index contributed by atoms with van der Waals surface area (Å²) in [4.78, 5) is 61.2. The van der Waals surface area contributed by atoms with Gasteiger partial charge in [-0.15, -0.1) is 6.42 Å². The molecule has 13 heteroatoms. The monoisotopic (exact) mass is 789 g/mol. The molecule has 58 heavy (non-hydrogen) atoms. The fraction of sp³-hybridized carbons (Fsp3) is 0.489. The van der Waals surface area contributed by atoms with Crippen molar-refractivity contribution < 1.29 is 28.7 Å². The molecule has 0 unspecified atom stereocenters. The number of imide groups is 1. The predicted molar refractivity (Wildman–Crippen MR) is 222 cm³/mol. The second-order valence-corrected chi connectivity index (χ2v) is 17.2. The molecule has 1 atom stereocenters. The third-order valence-electron chi connectivity index (χ3n) is 12.6. The lowest BCUT2D eigenvalue weighted by Gasteiger charge is -2.63. The molecule has 3 aliphatic heterocycles. The summed E-state index contributed by atoms with van der Waals surface area (Å²) in [6.07, 6.45) is 9.90. The lowest BCUT2D eigenvalue weighted by molar-refractivity contribution is -0.164. The van der Waals surface area contributed by atoms with Crippen molar-refractivity contribution in [3.8, 4) is 23.8 Å². The molecule has 0 spiro atoms. The molecule has 4 amide bonds. The molecule has 4 fully saturated rings. The van der Waals surface area contributed by atoms with Crippen molar-refractivity contribution in [1.29, 1.82) is 0 Å². The third kappa shape index (κ3) is 8.48. The zero-order chi connectivity index (χ0) is 41.2. The van der Waals surface area contributed by atoms with Crippen molar-refractivity contribution in [3.05, 3.63) is 77.6 Å². The Bertz CT molecular complexity index is 2030. The number of terminal acetylenes is 1. The summed E-state index contributed by atoms with van der Waals surface area (Å²) in [6, 6.07) is 16.3. The van der Waals surface area contributed by atoms with E-state index in [2.05, 4.69) is 81.4 Å². The van der Waals surface area contributed by atoms with Crippen LogP contribution in [0.15, 0.2) is 60.8 Å². The minimum atomic E-state index is -0.731. The largest absolute Gasteiger partial charge is 0.495 e. The number of pyridine rings is 1. The Morgan fingerprint density at radius 3 is 2.16 bits per heavy atom. The van der Waals surface area contributed by atoms with Crippen molar-refractivity contribution in [2.45, 2.75) is 71.6 Å². The Kier molecular flexibility index (Phi) is 11.7. The van der Waals surface area contributed by atoms with E-state index in [-0.39, 0.29) is 53.3 Å². The van der Waals surface area contributed by atoms with E-state index in [1.54, 1.807) is 19.4 Å². The van der Waals surface area contributed by atoms with Gasteiger partial charge in [0.05, 0.1) is 24.6 Å². The number of benzene rings is 2. The minimum absolute atomic E-state index is 0.0855. The van der Waals surface area contributed by atoms with E-state index in [4.69, 9.17) is 15.9 Å². The first-order valence-corrected chi connectivity index (χ1v) is 20.3. The first-order valence-electron chi connectivity index (χ1n) is 20.3. The standard InChI is InChI=1S/C45H55N7O6/c1-7-30-10-14-34(26-37(30)57-6)58-43-44(2,3)42(45(43,4)5)49-39(54)31-8-11-32(12-9-31)51-20-18-29(19-21-51)28-50-22-24-52(25-23-50)33-13-15-35(46-27-33)40(55)47-36-16-17-38(53)48-41(36)56/h1,8-15,26-27,29,36,42-43H,16-25,28H2,2-6H3,(H,47,55)(H,49,54)(H,48,53,56)/t36-,42?,43?/m0/s1. The summed E-state index contributed by atoms with van der Waals surface area (Å²) in [5.74, 6) is 3.23. The van der Waals surface area contributed by atoms with Crippen LogP contribution in [-0.2, 0) is 9.59 Å². The highest BCUT2D eigenvalue weighted by Crippen LogP contribution is 2.55. The lowest BCUT2D eigenvalue weighted by Crippen LogP contribution is -2.74. The summed E-state index contributed by atoms with van der Waals surface area (Å²) in [5.41, 5.74) is 3.03. The fourth-order valence-corrected chi connectivity index (χ4v) is 9.54. The Hall–Kier alpha value is -5.61. The third-order valence-corrected chi connectivity index (χ3v) is 12.6. The number of nitrogens with zero attached hydrogens (tertiary/aromatic N) is 4. The maximum atomic E-state index is 13.5. The number of ether oxygens (including phenoxy) is 2. The molecular weight excluding hydrogens is 735 g/mol. The molecule has 1 aliphatic carbocycles. The number of anilines is 2. The number of piperazine rings is 1. The normalized spacial score (nSPS) is 23.2. The summed E-state index contributed by atoms with van der Waals surface area (Å²) in [7, 11) is 1.59. The van der Waals surface area contributed by atoms with Crippen molar-refractivity contribution in [3.63, 3.8) is 0 Å². The van der Waals surface area contributed by atoms with Crippen molar-refractivity contribution in [1.82, 2.24) is 25.8 Å². The Labute approximate surface area is 341 Å². The smallest absolute Gasteiger partial charge is 0.270 e. The molecule has 1 aromatic heterocycles. The van der Waals surface area contributed by atoms with Crippen molar-refractivity contribution >= 4 is 35.0 Å². The van der Waals surface area contributed by atoms with Crippen LogP contribution in [0.5, 0.6) is 11.5 Å². The molecular formula is C45H55N7O6. The van der Waals surface area contributed by atoms with Crippen LogP contribution in [0.25, 0.3) is 0 Å². The van der Waals surface area contributed by atoms with Gasteiger partial charge in [0.15, 0.2) is 0 Å². The van der Waals surface area contributed by atoms with E-state index in [0.717, 1.165) is 70.0 Å². The van der Waals surface area contributed by atoms with E-state index in [0.29, 0.717) is 28.5 Å². The van der Waals surface area contributed by atoms with Gasteiger partial charge >= 0.3 is 0 Å². The van der Waals surface area contributed by atoms with Gasteiger partial charge in [-0.25, -0.2) is 4.98 Å². The van der Waals surface area contributed by atoms with Crippen LogP contribution in [0.3, 0.4) is 0 Å². The number of amides is 4. The number of nitrogens with one attached hydrogen (secondary N) is 3. The second-order valence-electron chi connectivity index (χ2n) is 17.2. The van der Waals surface area contributed by atoms with Gasteiger partial charge in [-0.05, 0) is 73.7 Å². The second kappa shape index (κ2) is 16.7. The summed E-state index contributed by atoms with van der Waals surface area (Å²) in [5, 5.41) is 8.25. The van der Waals surface area contributed by atoms with Crippen LogP contribution >= 0.6 is 0 Å². The Balaban J connectivity index is 0.835. The Morgan fingerprint density at radius 2 is 1.53 bits per heavy atom. The SMILES string of the molecule is C#Cc1ccc(OC2C(C)(C)C(NC(=O)c3ccc(N4CCC(CN5CCN(c6ccc(C(=O)N[C@H]7CCC(=O)NC7=O)nc6)CC5)CC4)cc3)C2(C)C)cc1OC. The number of rotatable bonds is 11. The van der Waals surface area contributed by atoms with Gasteiger partial charge in [0, 0.05) is 86.4 Å². The molecule has 306 valence electrons. The number of carbonyl (C=O) groups is 4. The van der Waals surface area contributed by atoms with Gasteiger partial charge in [-0.3, -0.25) is 29.4 Å². The van der Waals surface area contributed by atoms with Crippen LogP contribution in [0.1, 0.15) is 79.8 Å². The molecule has 2 aromatic carbocycles. The molecule has 0 bridgehead atoms. The summed E-state index contributed by atoms with van der Waals surface area (Å²) < 4.78 is 11.9. The minimum Gasteiger partial charge on any atom is -0.495 e. The average Bonchev–Trinajstić information content (AvgIpc) is 3.23. The first-order chi connectivity index (χ1) is 27.8. The van der Waals surface area contributed by atoms with Crippen LogP contribution < -0.4 is 35.2 Å². The highest BCUT2D eigenvalue weighted by atomic mass is 16.5. The van der Waals surface area contributed by atoms with E-state index in [9.17, 15) is 19.2 Å². The van der Waals surface area contributed by atoms with Crippen LogP contribution in [0.4, 0.5) is 11.4 Å². The number of aromatic nitrogens is 1. The fourth-order valence-electron chi connectivity index (χ4n) is 9.54. The predicted octanol–water partition coefficient (Wildman–Crippen LogP) is 4.26. The highest BCUT2D eigenvalue weighted by molar-refractivity contribution is 6.03. The molecule has 3 N–H and O–H groups in total. The summed E-state index contributed by atoms with van der Waals surface area (Å²) >= 11 is 0. The number of methoxy groups -OCH3 is 1. The number of hydrogen-bond acceptors (Lipinski definition) is 10. The van der Waals surface area contributed by atoms with E-state index in [1.165, 1.54) is 0 Å². The molecule has 3 saturated heterocycles. The van der Waals surface area contributed by atoms with E-state index in [1.807, 2.05) is 36.4 Å². The molecule has 0 radical (unpaired) electrons. The maximum absolute atomic E-state index is 13.5. The molecule has 4 aliphatic rings.